The van der Waals surface area contributed by atoms with E-state index in [1.807, 2.05) is 0 Å². The maximum atomic E-state index is 11.2. The molecule has 5 heterocycles. The second-order valence-corrected chi connectivity index (χ2v) is 6.24. The average molecular weight is 379 g/mol. The van der Waals surface area contributed by atoms with Crippen LogP contribution in [-0.2, 0) is 6.67 Å². The minimum atomic E-state index is -0.423. The number of H-pyrrole nitrogens is 1. The van der Waals surface area contributed by atoms with Crippen molar-refractivity contribution in [3.05, 3.63) is 46.3 Å². The Morgan fingerprint density at radius 1 is 1.25 bits per heavy atom. The Balaban J connectivity index is 1.49. The van der Waals surface area contributed by atoms with E-state index < -0.39 is 4.92 Å². The van der Waals surface area contributed by atoms with Crippen LogP contribution in [0.5, 0.6) is 0 Å². The summed E-state index contributed by atoms with van der Waals surface area (Å²) in [5, 5.41) is 31.8. The molecule has 0 spiro atoms. The van der Waals surface area contributed by atoms with Crippen LogP contribution in [0.3, 0.4) is 0 Å². The zero-order chi connectivity index (χ0) is 19.4. The van der Waals surface area contributed by atoms with Gasteiger partial charge in [0.2, 0.25) is 5.82 Å². The standard InChI is InChI=1S/C15H13N11O2/c1-8-12(26(27)28)9(2)25(20-8)7-23-4-3-11(21-23)14-18-15-10-5-17-19-13(10)16-6-24(15)22-14/h3-6H,7H2,1-2H3,(H,17,19). The fraction of sp³-hybridized carbons (Fsp3) is 0.200. The van der Waals surface area contributed by atoms with E-state index in [0.717, 1.165) is 5.39 Å². The van der Waals surface area contributed by atoms with Crippen LogP contribution in [0.4, 0.5) is 5.69 Å². The lowest BCUT2D eigenvalue weighted by molar-refractivity contribution is -0.386. The Morgan fingerprint density at radius 2 is 2.11 bits per heavy atom. The average Bonchev–Trinajstić information content (AvgIpc) is 3.40. The van der Waals surface area contributed by atoms with Gasteiger partial charge in [0.1, 0.15) is 30.1 Å². The number of fused-ring (bicyclic) bond motifs is 3. The molecule has 0 radical (unpaired) electrons. The molecule has 0 amide bonds. The molecule has 0 saturated carbocycles. The summed E-state index contributed by atoms with van der Waals surface area (Å²) in [4.78, 5) is 19.5. The molecule has 13 nitrogen and oxygen atoms in total. The van der Waals surface area contributed by atoms with E-state index in [1.165, 1.54) is 0 Å². The van der Waals surface area contributed by atoms with Crippen LogP contribution in [0.1, 0.15) is 11.4 Å². The van der Waals surface area contributed by atoms with Crippen LogP contribution in [0.25, 0.3) is 28.2 Å². The van der Waals surface area contributed by atoms with E-state index in [0.29, 0.717) is 34.2 Å². The first-order valence-electron chi connectivity index (χ1n) is 8.28. The molecule has 5 aromatic heterocycles. The second kappa shape index (κ2) is 5.67. The van der Waals surface area contributed by atoms with Crippen molar-refractivity contribution >= 4 is 22.4 Å². The third kappa shape index (κ3) is 2.33. The summed E-state index contributed by atoms with van der Waals surface area (Å²) in [7, 11) is 0. The molecule has 0 fully saturated rings. The zero-order valence-corrected chi connectivity index (χ0v) is 14.8. The van der Waals surface area contributed by atoms with E-state index in [9.17, 15) is 10.1 Å². The molecule has 0 aromatic carbocycles. The molecule has 0 aliphatic carbocycles. The highest BCUT2D eigenvalue weighted by atomic mass is 16.6. The molecular formula is C15H13N11O2. The van der Waals surface area contributed by atoms with Gasteiger partial charge < -0.3 is 0 Å². The van der Waals surface area contributed by atoms with Crippen molar-refractivity contribution in [1.29, 1.82) is 0 Å². The van der Waals surface area contributed by atoms with Gasteiger partial charge in [-0.3, -0.25) is 19.9 Å². The SMILES string of the molecule is Cc1nn(Cn2ccc(-c3nc4c5cn[nH]c5ncn4n3)n2)c(C)c1[N+](=O)[O-]. The lowest BCUT2D eigenvalue weighted by Crippen LogP contribution is -2.11. The van der Waals surface area contributed by atoms with Gasteiger partial charge in [-0.05, 0) is 19.9 Å². The maximum Gasteiger partial charge on any atom is 0.312 e. The van der Waals surface area contributed by atoms with Crippen molar-refractivity contribution in [3.63, 3.8) is 0 Å². The summed E-state index contributed by atoms with van der Waals surface area (Å²) < 4.78 is 4.73. The summed E-state index contributed by atoms with van der Waals surface area (Å²) in [5.74, 6) is 0.439. The molecule has 1 N–H and O–H groups in total. The first kappa shape index (κ1) is 16.0. The van der Waals surface area contributed by atoms with Crippen LogP contribution < -0.4 is 0 Å². The first-order chi connectivity index (χ1) is 13.5. The predicted octanol–water partition coefficient (Wildman–Crippen LogP) is 1.09. The van der Waals surface area contributed by atoms with Crippen LogP contribution in [0, 0.1) is 24.0 Å². The van der Waals surface area contributed by atoms with Crippen molar-refractivity contribution in [1.82, 2.24) is 49.3 Å². The Hall–Kier alpha value is -4.16. The molecule has 0 aliphatic rings. The Kier molecular flexibility index (Phi) is 3.25. The van der Waals surface area contributed by atoms with E-state index in [2.05, 4.69) is 35.5 Å². The normalized spacial score (nSPS) is 11.6. The van der Waals surface area contributed by atoms with Crippen molar-refractivity contribution in [2.24, 2.45) is 0 Å². The molecule has 13 heteroatoms. The van der Waals surface area contributed by atoms with Gasteiger partial charge in [-0.25, -0.2) is 19.2 Å². The topological polar surface area (TPSA) is 151 Å². The van der Waals surface area contributed by atoms with Crippen LogP contribution in [-0.4, -0.2) is 54.3 Å². The lowest BCUT2D eigenvalue weighted by atomic mass is 10.3. The number of aromatic amines is 1. The minimum Gasteiger partial charge on any atom is -0.261 e. The van der Waals surface area contributed by atoms with Gasteiger partial charge in [-0.15, -0.1) is 5.10 Å². The summed E-state index contributed by atoms with van der Waals surface area (Å²) in [6.07, 6.45) is 4.94. The number of hydrogen-bond acceptors (Lipinski definition) is 8. The van der Waals surface area contributed by atoms with E-state index in [1.54, 1.807) is 52.5 Å². The highest BCUT2D eigenvalue weighted by Crippen LogP contribution is 2.22. The van der Waals surface area contributed by atoms with Crippen molar-refractivity contribution in [3.8, 4) is 11.5 Å². The van der Waals surface area contributed by atoms with Crippen LogP contribution >= 0.6 is 0 Å². The fourth-order valence-electron chi connectivity index (χ4n) is 3.14. The minimum absolute atomic E-state index is 0.0195. The van der Waals surface area contributed by atoms with Gasteiger partial charge in [-0.2, -0.15) is 15.3 Å². The summed E-state index contributed by atoms with van der Waals surface area (Å²) in [6, 6.07) is 1.77. The van der Waals surface area contributed by atoms with Crippen molar-refractivity contribution in [2.75, 3.05) is 0 Å². The number of aromatic nitrogens is 10. The van der Waals surface area contributed by atoms with Gasteiger partial charge in [0.15, 0.2) is 11.3 Å². The lowest BCUT2D eigenvalue weighted by Gasteiger charge is -2.03. The second-order valence-electron chi connectivity index (χ2n) is 6.24. The van der Waals surface area contributed by atoms with Gasteiger partial charge in [-0.1, -0.05) is 0 Å². The molecule has 0 atom stereocenters. The predicted molar refractivity (Wildman–Crippen MR) is 95.4 cm³/mol. The quantitative estimate of drug-likeness (QED) is 0.360. The molecule has 0 unspecified atom stereocenters. The third-order valence-electron chi connectivity index (χ3n) is 4.46. The smallest absolute Gasteiger partial charge is 0.261 e. The molecule has 28 heavy (non-hydrogen) atoms. The molecule has 140 valence electrons. The summed E-state index contributed by atoms with van der Waals surface area (Å²) >= 11 is 0. The van der Waals surface area contributed by atoms with Crippen molar-refractivity contribution in [2.45, 2.75) is 20.5 Å². The van der Waals surface area contributed by atoms with Crippen LogP contribution in [0.2, 0.25) is 0 Å². The number of nitrogens with one attached hydrogen (secondary N) is 1. The number of aryl methyl sites for hydroxylation is 1. The van der Waals surface area contributed by atoms with Gasteiger partial charge in [0.05, 0.1) is 16.5 Å². The Labute approximate surface area is 155 Å². The number of nitro groups is 1. The molecule has 0 saturated heterocycles. The van der Waals surface area contributed by atoms with E-state index in [-0.39, 0.29) is 12.4 Å². The van der Waals surface area contributed by atoms with Gasteiger partial charge in [0, 0.05) is 6.20 Å². The maximum absolute atomic E-state index is 11.2. The number of rotatable bonds is 4. The van der Waals surface area contributed by atoms with E-state index in [4.69, 9.17) is 0 Å². The monoisotopic (exact) mass is 379 g/mol. The Bertz CT molecular complexity index is 1360. The van der Waals surface area contributed by atoms with Crippen molar-refractivity contribution < 1.29 is 4.92 Å². The number of hydrogen-bond donors (Lipinski definition) is 1. The molecule has 5 rings (SSSR count). The number of nitrogens with zero attached hydrogens (tertiary/aromatic N) is 10. The summed E-state index contributed by atoms with van der Waals surface area (Å²) in [6.45, 7) is 3.51. The third-order valence-corrected chi connectivity index (χ3v) is 4.46. The highest BCUT2D eigenvalue weighted by molar-refractivity contribution is 5.88. The zero-order valence-electron chi connectivity index (χ0n) is 14.8. The van der Waals surface area contributed by atoms with Crippen LogP contribution in [0.15, 0.2) is 24.8 Å². The van der Waals surface area contributed by atoms with Gasteiger partial charge >= 0.3 is 5.69 Å². The Morgan fingerprint density at radius 3 is 2.89 bits per heavy atom. The highest BCUT2D eigenvalue weighted by Gasteiger charge is 2.22. The molecule has 5 aromatic rings. The van der Waals surface area contributed by atoms with Gasteiger partial charge in [0.25, 0.3) is 0 Å². The summed E-state index contributed by atoms with van der Waals surface area (Å²) in [5.41, 5.74) is 2.68. The fourth-order valence-corrected chi connectivity index (χ4v) is 3.14. The molecule has 0 aliphatic heterocycles. The molecule has 0 bridgehead atoms. The molecular weight excluding hydrogens is 366 g/mol. The first-order valence-corrected chi connectivity index (χ1v) is 8.28. The largest absolute Gasteiger partial charge is 0.312 e. The van der Waals surface area contributed by atoms with E-state index >= 15 is 0 Å².